The van der Waals surface area contributed by atoms with Crippen LogP contribution in [-0.2, 0) is 6.54 Å². The Morgan fingerprint density at radius 2 is 2.31 bits per heavy atom. The van der Waals surface area contributed by atoms with Crippen LogP contribution in [0.3, 0.4) is 0 Å². The summed E-state index contributed by atoms with van der Waals surface area (Å²) in [6.45, 7) is 0.998. The van der Waals surface area contributed by atoms with Gasteiger partial charge in [0.05, 0.1) is 6.33 Å². The predicted molar refractivity (Wildman–Crippen MR) is 42.5 cm³/mol. The Kier molecular flexibility index (Phi) is 1.54. The fourth-order valence-electron chi connectivity index (χ4n) is 1.26. The van der Waals surface area contributed by atoms with Crippen LogP contribution in [-0.4, -0.2) is 27.1 Å². The zero-order valence-electron chi connectivity index (χ0n) is 6.65. The third kappa shape index (κ3) is 1.07. The first-order valence-corrected chi connectivity index (χ1v) is 3.77. The highest BCUT2D eigenvalue weighted by Crippen LogP contribution is 2.11. The van der Waals surface area contributed by atoms with Crippen LogP contribution in [0, 0.1) is 0 Å². The molecule has 0 unspecified atom stereocenters. The molecule has 0 fully saturated rings. The third-order valence-electron chi connectivity index (χ3n) is 1.88. The lowest BCUT2D eigenvalue weighted by molar-refractivity contribution is 0.0921. The van der Waals surface area contributed by atoms with E-state index in [0.717, 1.165) is 0 Å². The highest BCUT2D eigenvalue weighted by atomic mass is 16.3. The summed E-state index contributed by atoms with van der Waals surface area (Å²) in [6, 6.07) is 0. The van der Waals surface area contributed by atoms with Crippen molar-refractivity contribution in [1.29, 1.82) is 0 Å². The van der Waals surface area contributed by atoms with Crippen LogP contribution in [0.4, 0.5) is 0 Å². The molecule has 1 amide bonds. The van der Waals surface area contributed by atoms with Crippen molar-refractivity contribution in [2.45, 2.75) is 6.54 Å². The van der Waals surface area contributed by atoms with Crippen molar-refractivity contribution in [3.05, 3.63) is 22.4 Å². The zero-order valence-corrected chi connectivity index (χ0v) is 6.65. The molecule has 2 N–H and O–H groups in total. The summed E-state index contributed by atoms with van der Waals surface area (Å²) < 4.78 is 1.45. The number of nitrogens with zero attached hydrogens (tertiary/aromatic N) is 2. The van der Waals surface area contributed by atoms with E-state index in [9.17, 15) is 14.7 Å². The van der Waals surface area contributed by atoms with E-state index in [4.69, 9.17) is 0 Å². The molecule has 0 aliphatic carbocycles. The van der Waals surface area contributed by atoms with Crippen LogP contribution < -0.4 is 10.9 Å². The van der Waals surface area contributed by atoms with E-state index in [0.29, 0.717) is 13.1 Å². The number of hydrogen-bond donors (Lipinski definition) is 2. The fraction of sp³-hybridized carbons (Fsp3) is 0.286. The number of carbonyl (C=O) groups excluding carboxylic acids is 1. The van der Waals surface area contributed by atoms with Gasteiger partial charge in [-0.1, -0.05) is 0 Å². The standard InChI is InChI=1S/C7H7N3O3/c11-5-4-6(12)8-1-2-10(4)3-9-7(5)13/h3,11H,1-2H2,(H,8,12). The van der Waals surface area contributed by atoms with Gasteiger partial charge in [0.2, 0.25) is 5.75 Å². The molecule has 6 heteroatoms. The maximum atomic E-state index is 11.2. The summed E-state index contributed by atoms with van der Waals surface area (Å²) in [5, 5.41) is 11.8. The zero-order chi connectivity index (χ0) is 9.42. The molecule has 0 radical (unpaired) electrons. The first-order valence-electron chi connectivity index (χ1n) is 3.77. The molecule has 0 saturated carbocycles. The van der Waals surface area contributed by atoms with Crippen LogP contribution in [0.2, 0.25) is 0 Å². The molecule has 0 atom stereocenters. The highest BCUT2D eigenvalue weighted by Gasteiger charge is 2.21. The highest BCUT2D eigenvalue weighted by molar-refractivity contribution is 5.95. The summed E-state index contributed by atoms with van der Waals surface area (Å²) in [6.07, 6.45) is 1.26. The second kappa shape index (κ2) is 2.58. The Labute approximate surface area is 72.8 Å². The Morgan fingerprint density at radius 1 is 1.54 bits per heavy atom. The van der Waals surface area contributed by atoms with Crippen LogP contribution in [0.15, 0.2) is 11.1 Å². The van der Waals surface area contributed by atoms with Crippen molar-refractivity contribution in [2.24, 2.45) is 0 Å². The number of fused-ring (bicyclic) bond motifs is 1. The predicted octanol–water partition coefficient (Wildman–Crippen LogP) is -1.31. The number of aromatic hydroxyl groups is 1. The number of amides is 1. The largest absolute Gasteiger partial charge is 0.501 e. The lowest BCUT2D eigenvalue weighted by Gasteiger charge is -2.18. The van der Waals surface area contributed by atoms with Gasteiger partial charge in [0, 0.05) is 13.1 Å². The van der Waals surface area contributed by atoms with E-state index in [1.807, 2.05) is 0 Å². The van der Waals surface area contributed by atoms with Gasteiger partial charge >= 0.3 is 5.56 Å². The minimum Gasteiger partial charge on any atom is -0.501 e. The Morgan fingerprint density at radius 3 is 3.08 bits per heavy atom. The summed E-state index contributed by atoms with van der Waals surface area (Å²) in [5.74, 6) is -1.03. The maximum absolute atomic E-state index is 11.2. The first-order chi connectivity index (χ1) is 6.20. The molecular formula is C7H7N3O3. The lowest BCUT2D eigenvalue weighted by Crippen LogP contribution is -2.37. The molecule has 0 aromatic carbocycles. The molecule has 68 valence electrons. The summed E-state index contributed by atoms with van der Waals surface area (Å²) >= 11 is 0. The van der Waals surface area contributed by atoms with E-state index >= 15 is 0 Å². The van der Waals surface area contributed by atoms with Crippen LogP contribution in [0.5, 0.6) is 5.75 Å². The van der Waals surface area contributed by atoms with Crippen molar-refractivity contribution in [3.63, 3.8) is 0 Å². The van der Waals surface area contributed by atoms with Crippen molar-refractivity contribution in [2.75, 3.05) is 6.54 Å². The van der Waals surface area contributed by atoms with Crippen LogP contribution in [0.25, 0.3) is 0 Å². The average Bonchev–Trinajstić information content (AvgIpc) is 2.12. The average molecular weight is 181 g/mol. The molecule has 1 aromatic heterocycles. The second-order valence-electron chi connectivity index (χ2n) is 2.70. The van der Waals surface area contributed by atoms with Crippen LogP contribution >= 0.6 is 0 Å². The number of hydrogen-bond acceptors (Lipinski definition) is 4. The van der Waals surface area contributed by atoms with Gasteiger partial charge < -0.3 is 15.0 Å². The van der Waals surface area contributed by atoms with Gasteiger partial charge in [0.1, 0.15) is 0 Å². The van der Waals surface area contributed by atoms with E-state index < -0.39 is 17.2 Å². The second-order valence-corrected chi connectivity index (χ2v) is 2.70. The van der Waals surface area contributed by atoms with Crippen molar-refractivity contribution in [3.8, 4) is 5.75 Å². The molecule has 1 aromatic rings. The van der Waals surface area contributed by atoms with E-state index in [-0.39, 0.29) is 5.69 Å². The molecule has 1 aliphatic rings. The van der Waals surface area contributed by atoms with E-state index in [2.05, 4.69) is 10.3 Å². The van der Waals surface area contributed by atoms with Crippen molar-refractivity contribution in [1.82, 2.24) is 14.9 Å². The molecular weight excluding hydrogens is 174 g/mol. The summed E-state index contributed by atoms with van der Waals surface area (Å²) in [7, 11) is 0. The van der Waals surface area contributed by atoms with Gasteiger partial charge in [0.15, 0.2) is 5.69 Å². The first kappa shape index (κ1) is 7.78. The Hall–Kier alpha value is -1.85. The topological polar surface area (TPSA) is 84.2 Å². The maximum Gasteiger partial charge on any atom is 0.315 e. The molecule has 1 aliphatic heterocycles. The van der Waals surface area contributed by atoms with E-state index in [1.165, 1.54) is 10.9 Å². The van der Waals surface area contributed by atoms with Gasteiger partial charge in [-0.3, -0.25) is 9.59 Å². The number of aromatic nitrogens is 2. The molecule has 2 heterocycles. The van der Waals surface area contributed by atoms with Gasteiger partial charge in [-0.2, -0.15) is 4.98 Å². The number of nitrogens with one attached hydrogen (secondary N) is 1. The molecule has 2 rings (SSSR count). The summed E-state index contributed by atoms with van der Waals surface area (Å²) in [5.41, 5.74) is -0.783. The lowest BCUT2D eigenvalue weighted by atomic mass is 10.3. The molecule has 0 bridgehead atoms. The smallest absolute Gasteiger partial charge is 0.315 e. The minimum atomic E-state index is -0.775. The molecule has 13 heavy (non-hydrogen) atoms. The molecule has 0 saturated heterocycles. The number of rotatable bonds is 0. The van der Waals surface area contributed by atoms with Gasteiger partial charge in [-0.15, -0.1) is 0 Å². The minimum absolute atomic E-state index is 0.00810. The summed E-state index contributed by atoms with van der Waals surface area (Å²) in [4.78, 5) is 25.5. The number of carbonyl (C=O) groups is 1. The van der Waals surface area contributed by atoms with Crippen molar-refractivity contribution >= 4 is 5.91 Å². The Bertz CT molecular complexity index is 423. The van der Waals surface area contributed by atoms with Gasteiger partial charge in [0.25, 0.3) is 5.91 Å². The van der Waals surface area contributed by atoms with Gasteiger partial charge in [-0.05, 0) is 0 Å². The fourth-order valence-corrected chi connectivity index (χ4v) is 1.26. The van der Waals surface area contributed by atoms with Gasteiger partial charge in [-0.25, -0.2) is 0 Å². The monoisotopic (exact) mass is 181 g/mol. The SMILES string of the molecule is O=C1NCCn2cnc(=O)c(O)c21. The van der Waals surface area contributed by atoms with Crippen LogP contribution in [0.1, 0.15) is 10.5 Å². The third-order valence-corrected chi connectivity index (χ3v) is 1.88. The van der Waals surface area contributed by atoms with E-state index in [1.54, 1.807) is 0 Å². The Balaban J connectivity index is 2.72. The molecule has 6 nitrogen and oxygen atoms in total. The quantitative estimate of drug-likeness (QED) is 0.520. The molecule has 0 spiro atoms. The normalized spacial score (nSPS) is 14.9. The van der Waals surface area contributed by atoms with Crippen molar-refractivity contribution < 1.29 is 9.90 Å².